The summed E-state index contributed by atoms with van der Waals surface area (Å²) in [5, 5.41) is 15.9. The van der Waals surface area contributed by atoms with E-state index < -0.39 is 4.92 Å². The summed E-state index contributed by atoms with van der Waals surface area (Å²) in [6, 6.07) is 9.17. The number of nitro groups is 1. The second-order valence-corrected chi connectivity index (χ2v) is 7.16. The number of nitrogens with one attached hydrogen (secondary N) is 1. The summed E-state index contributed by atoms with van der Waals surface area (Å²) in [5.74, 6) is 0.282. The lowest BCUT2D eigenvalue weighted by Crippen LogP contribution is -2.19. The lowest BCUT2D eigenvalue weighted by Gasteiger charge is -2.06. The maximum Gasteiger partial charge on any atom is 0.270 e. The topological polar surface area (TPSA) is 84.6 Å². The fourth-order valence-electron chi connectivity index (χ4n) is 1.87. The summed E-state index contributed by atoms with van der Waals surface area (Å²) in [4.78, 5) is 22.0. The molecule has 26 heavy (non-hydrogen) atoms. The van der Waals surface area contributed by atoms with Crippen LogP contribution in [0.15, 0.2) is 41.5 Å². The largest absolute Gasteiger partial charge is 0.272 e. The van der Waals surface area contributed by atoms with Crippen LogP contribution < -0.4 is 5.43 Å². The van der Waals surface area contributed by atoms with Crippen LogP contribution in [0, 0.1) is 10.1 Å². The Hall–Kier alpha value is -1.80. The molecule has 136 valence electrons. The maximum absolute atomic E-state index is 11.8. The molecule has 0 spiro atoms. The number of rotatable bonds is 7. The highest BCUT2D eigenvalue weighted by atomic mass is 35.5. The van der Waals surface area contributed by atoms with Crippen LogP contribution in [0.4, 0.5) is 5.69 Å². The van der Waals surface area contributed by atoms with Gasteiger partial charge in [-0.1, -0.05) is 40.9 Å². The molecule has 0 fully saturated rings. The molecule has 1 amide bonds. The normalized spacial score (nSPS) is 10.9. The Bertz CT molecular complexity index is 842. The summed E-state index contributed by atoms with van der Waals surface area (Å²) in [5.41, 5.74) is 3.32. The van der Waals surface area contributed by atoms with Crippen LogP contribution in [-0.4, -0.2) is 22.8 Å². The number of carbonyl (C=O) groups is 1. The van der Waals surface area contributed by atoms with Crippen molar-refractivity contribution in [3.63, 3.8) is 0 Å². The van der Waals surface area contributed by atoms with Crippen molar-refractivity contribution in [1.29, 1.82) is 0 Å². The second-order valence-electron chi connectivity index (χ2n) is 4.95. The summed E-state index contributed by atoms with van der Waals surface area (Å²) in [6.07, 6.45) is 1.25. The first kappa shape index (κ1) is 20.5. The molecule has 0 saturated carbocycles. The maximum atomic E-state index is 11.8. The van der Waals surface area contributed by atoms with E-state index in [0.29, 0.717) is 21.4 Å². The van der Waals surface area contributed by atoms with E-state index in [0.717, 1.165) is 5.56 Å². The van der Waals surface area contributed by atoms with E-state index in [1.54, 1.807) is 18.2 Å². The van der Waals surface area contributed by atoms with Gasteiger partial charge in [0.1, 0.15) is 0 Å². The molecule has 0 atom stereocenters. The van der Waals surface area contributed by atoms with Crippen LogP contribution in [0.5, 0.6) is 0 Å². The van der Waals surface area contributed by atoms with Crippen LogP contribution in [0.25, 0.3) is 0 Å². The van der Waals surface area contributed by atoms with E-state index in [1.165, 1.54) is 36.2 Å². The molecule has 0 unspecified atom stereocenters. The van der Waals surface area contributed by atoms with E-state index in [-0.39, 0.29) is 22.4 Å². The molecule has 2 rings (SSSR count). The number of benzene rings is 2. The Labute approximate surface area is 168 Å². The number of thioether (sulfide) groups is 1. The Morgan fingerprint density at radius 3 is 2.54 bits per heavy atom. The Morgan fingerprint density at radius 2 is 1.88 bits per heavy atom. The van der Waals surface area contributed by atoms with Crippen LogP contribution in [0.1, 0.15) is 11.1 Å². The molecule has 0 saturated heterocycles. The van der Waals surface area contributed by atoms with Crippen LogP contribution in [-0.2, 0) is 10.5 Å². The lowest BCUT2D eigenvalue weighted by atomic mass is 10.2. The molecule has 1 N–H and O–H groups in total. The van der Waals surface area contributed by atoms with Gasteiger partial charge in [-0.2, -0.15) is 5.10 Å². The Balaban J connectivity index is 1.86. The zero-order chi connectivity index (χ0) is 19.1. The minimum Gasteiger partial charge on any atom is -0.272 e. The van der Waals surface area contributed by atoms with Crippen LogP contribution in [0.3, 0.4) is 0 Å². The van der Waals surface area contributed by atoms with Gasteiger partial charge in [-0.05, 0) is 23.8 Å². The molecule has 0 bridgehead atoms. The summed E-state index contributed by atoms with van der Waals surface area (Å²) < 4.78 is 0. The molecule has 2 aromatic carbocycles. The third-order valence-electron chi connectivity index (χ3n) is 3.12. The predicted molar refractivity (Wildman–Crippen MR) is 106 cm³/mol. The Morgan fingerprint density at radius 1 is 1.19 bits per heavy atom. The number of amides is 1. The number of hydrazone groups is 1. The quantitative estimate of drug-likeness (QED) is 0.381. The van der Waals surface area contributed by atoms with E-state index in [2.05, 4.69) is 10.5 Å². The molecular formula is C16H12Cl3N3O3S. The van der Waals surface area contributed by atoms with Gasteiger partial charge in [-0.3, -0.25) is 14.9 Å². The standard InChI is InChI=1S/C16H12Cl3N3O3S/c17-13-5-4-11(22(24)25)6-10(13)7-20-21-16(23)9-26-8-12-14(18)2-1-3-15(12)19/h1-7H,8-9H2,(H,21,23)/b20-7-. The molecule has 0 aliphatic rings. The molecule has 10 heteroatoms. The summed E-state index contributed by atoms with van der Waals surface area (Å²) >= 11 is 19.4. The zero-order valence-corrected chi connectivity index (χ0v) is 16.2. The number of nitrogens with zero attached hydrogens (tertiary/aromatic N) is 2. The van der Waals surface area contributed by atoms with Crippen molar-refractivity contribution in [3.05, 3.63) is 72.7 Å². The van der Waals surface area contributed by atoms with Crippen molar-refractivity contribution in [2.24, 2.45) is 5.10 Å². The van der Waals surface area contributed by atoms with Crippen molar-refractivity contribution in [1.82, 2.24) is 5.43 Å². The molecule has 0 aliphatic heterocycles. The number of hydrogen-bond donors (Lipinski definition) is 1. The summed E-state index contributed by atoms with van der Waals surface area (Å²) in [7, 11) is 0. The van der Waals surface area contributed by atoms with Gasteiger partial charge in [0.15, 0.2) is 0 Å². The first-order chi connectivity index (χ1) is 12.4. The van der Waals surface area contributed by atoms with E-state index in [1.807, 2.05) is 0 Å². The van der Waals surface area contributed by atoms with Gasteiger partial charge in [0.2, 0.25) is 5.91 Å². The molecule has 2 aromatic rings. The van der Waals surface area contributed by atoms with Gasteiger partial charge in [-0.15, -0.1) is 11.8 Å². The number of nitro benzene ring substituents is 1. The Kier molecular flexibility index (Phi) is 7.71. The van der Waals surface area contributed by atoms with Gasteiger partial charge < -0.3 is 0 Å². The van der Waals surface area contributed by atoms with E-state index >= 15 is 0 Å². The van der Waals surface area contributed by atoms with Crippen molar-refractivity contribution >= 4 is 64.4 Å². The first-order valence-corrected chi connectivity index (χ1v) is 9.44. The number of halogens is 3. The highest BCUT2D eigenvalue weighted by Gasteiger charge is 2.09. The molecule has 0 heterocycles. The van der Waals surface area contributed by atoms with Gasteiger partial charge >= 0.3 is 0 Å². The predicted octanol–water partition coefficient (Wildman–Crippen LogP) is 4.94. The van der Waals surface area contributed by atoms with E-state index in [4.69, 9.17) is 34.8 Å². The molecule has 0 aromatic heterocycles. The molecule has 0 aliphatic carbocycles. The average Bonchev–Trinajstić information content (AvgIpc) is 2.59. The summed E-state index contributed by atoms with van der Waals surface area (Å²) in [6.45, 7) is 0. The van der Waals surface area contributed by atoms with Gasteiger partial charge in [0.25, 0.3) is 5.69 Å². The second kappa shape index (κ2) is 9.78. The van der Waals surface area contributed by atoms with Crippen LogP contribution in [0.2, 0.25) is 15.1 Å². The van der Waals surface area contributed by atoms with Gasteiger partial charge in [-0.25, -0.2) is 5.43 Å². The third-order valence-corrected chi connectivity index (χ3v) is 5.14. The average molecular weight is 433 g/mol. The van der Waals surface area contributed by atoms with Crippen molar-refractivity contribution in [3.8, 4) is 0 Å². The van der Waals surface area contributed by atoms with Crippen molar-refractivity contribution < 1.29 is 9.72 Å². The molecule has 6 nitrogen and oxygen atoms in total. The van der Waals surface area contributed by atoms with E-state index in [9.17, 15) is 14.9 Å². The fraction of sp³-hybridized carbons (Fsp3) is 0.125. The highest BCUT2D eigenvalue weighted by molar-refractivity contribution is 7.99. The SMILES string of the molecule is O=C(CSCc1c(Cl)cccc1Cl)N/N=C\c1cc([N+](=O)[O-])ccc1Cl. The molecule has 0 radical (unpaired) electrons. The smallest absolute Gasteiger partial charge is 0.270 e. The fourth-order valence-corrected chi connectivity index (χ4v) is 3.59. The number of non-ortho nitro benzene ring substituents is 1. The first-order valence-electron chi connectivity index (χ1n) is 7.15. The van der Waals surface area contributed by atoms with Gasteiger partial charge in [0, 0.05) is 38.5 Å². The minimum absolute atomic E-state index is 0.116. The minimum atomic E-state index is -0.539. The third kappa shape index (κ3) is 5.88. The van der Waals surface area contributed by atoms with Gasteiger partial charge in [0.05, 0.1) is 16.9 Å². The number of carbonyl (C=O) groups excluding carboxylic acids is 1. The molecular weight excluding hydrogens is 421 g/mol. The van der Waals surface area contributed by atoms with Crippen LogP contribution >= 0.6 is 46.6 Å². The lowest BCUT2D eigenvalue weighted by molar-refractivity contribution is -0.384. The number of hydrogen-bond acceptors (Lipinski definition) is 5. The van der Waals surface area contributed by atoms with Crippen molar-refractivity contribution in [2.45, 2.75) is 5.75 Å². The van der Waals surface area contributed by atoms with Crippen molar-refractivity contribution in [2.75, 3.05) is 5.75 Å². The monoisotopic (exact) mass is 431 g/mol. The highest BCUT2D eigenvalue weighted by Crippen LogP contribution is 2.28. The zero-order valence-electron chi connectivity index (χ0n) is 13.1.